The number of nitrogens with zero attached hydrogens (tertiary/aromatic N) is 2. The van der Waals surface area contributed by atoms with Gasteiger partial charge in [0.15, 0.2) is 0 Å². The SMILES string of the molecule is CC(CN)(CC1CC1)N1CCC(N2CCCCC2)C1. The van der Waals surface area contributed by atoms with Crippen molar-refractivity contribution in [1.82, 2.24) is 9.80 Å². The summed E-state index contributed by atoms with van der Waals surface area (Å²) in [6, 6.07) is 0.811. The first-order valence-electron chi connectivity index (χ1n) is 8.40. The van der Waals surface area contributed by atoms with Crippen LogP contribution in [0, 0.1) is 5.92 Å². The number of nitrogens with two attached hydrogens (primary N) is 1. The van der Waals surface area contributed by atoms with E-state index in [4.69, 9.17) is 5.73 Å². The van der Waals surface area contributed by atoms with Crippen molar-refractivity contribution in [2.45, 2.75) is 63.5 Å². The van der Waals surface area contributed by atoms with Crippen LogP contribution in [0.15, 0.2) is 0 Å². The van der Waals surface area contributed by atoms with Gasteiger partial charge in [-0.1, -0.05) is 19.3 Å². The van der Waals surface area contributed by atoms with E-state index in [1.54, 1.807) is 0 Å². The average molecular weight is 265 g/mol. The van der Waals surface area contributed by atoms with E-state index in [0.29, 0.717) is 0 Å². The molecule has 0 amide bonds. The second kappa shape index (κ2) is 5.71. The second-order valence-electron chi connectivity index (χ2n) is 7.33. The maximum Gasteiger partial charge on any atom is 0.0306 e. The lowest BCUT2D eigenvalue weighted by Crippen LogP contribution is -2.52. The molecule has 1 saturated carbocycles. The maximum atomic E-state index is 6.13. The molecule has 0 aromatic carbocycles. The van der Waals surface area contributed by atoms with Crippen LogP contribution in [0.3, 0.4) is 0 Å². The molecule has 110 valence electrons. The summed E-state index contributed by atoms with van der Waals surface area (Å²) < 4.78 is 0. The van der Waals surface area contributed by atoms with Crippen molar-refractivity contribution in [2.24, 2.45) is 11.7 Å². The van der Waals surface area contributed by atoms with E-state index in [2.05, 4.69) is 16.7 Å². The minimum atomic E-state index is 0.270. The largest absolute Gasteiger partial charge is 0.329 e. The third kappa shape index (κ3) is 3.14. The molecule has 0 radical (unpaired) electrons. The van der Waals surface area contributed by atoms with Gasteiger partial charge in [-0.15, -0.1) is 0 Å². The van der Waals surface area contributed by atoms with E-state index in [-0.39, 0.29) is 5.54 Å². The molecule has 19 heavy (non-hydrogen) atoms. The van der Waals surface area contributed by atoms with Gasteiger partial charge in [0.1, 0.15) is 0 Å². The molecular weight excluding hydrogens is 234 g/mol. The quantitative estimate of drug-likeness (QED) is 0.826. The normalized spacial score (nSPS) is 33.5. The highest BCUT2D eigenvalue weighted by atomic mass is 15.3. The molecule has 3 fully saturated rings. The molecule has 3 rings (SSSR count). The van der Waals surface area contributed by atoms with Crippen LogP contribution in [0.2, 0.25) is 0 Å². The van der Waals surface area contributed by atoms with Crippen molar-refractivity contribution in [3.8, 4) is 0 Å². The first-order chi connectivity index (χ1) is 9.21. The molecule has 3 heteroatoms. The summed E-state index contributed by atoms with van der Waals surface area (Å²) in [6.45, 7) is 8.43. The van der Waals surface area contributed by atoms with Crippen molar-refractivity contribution in [3.63, 3.8) is 0 Å². The van der Waals surface area contributed by atoms with Gasteiger partial charge >= 0.3 is 0 Å². The van der Waals surface area contributed by atoms with Gasteiger partial charge in [-0.3, -0.25) is 9.80 Å². The molecule has 0 aromatic rings. The van der Waals surface area contributed by atoms with E-state index in [0.717, 1.165) is 18.5 Å². The molecule has 3 nitrogen and oxygen atoms in total. The fourth-order valence-electron chi connectivity index (χ4n) is 4.10. The van der Waals surface area contributed by atoms with Crippen molar-refractivity contribution in [2.75, 3.05) is 32.7 Å². The zero-order valence-electron chi connectivity index (χ0n) is 12.6. The lowest BCUT2D eigenvalue weighted by Gasteiger charge is -2.39. The van der Waals surface area contributed by atoms with Crippen LogP contribution in [0.5, 0.6) is 0 Å². The van der Waals surface area contributed by atoms with Gasteiger partial charge in [-0.25, -0.2) is 0 Å². The van der Waals surface area contributed by atoms with Crippen LogP contribution in [-0.2, 0) is 0 Å². The molecule has 0 aromatic heterocycles. The molecule has 2 saturated heterocycles. The second-order valence-corrected chi connectivity index (χ2v) is 7.33. The molecule has 2 heterocycles. The van der Waals surface area contributed by atoms with Gasteiger partial charge in [0.05, 0.1) is 0 Å². The van der Waals surface area contributed by atoms with E-state index in [1.165, 1.54) is 71.1 Å². The van der Waals surface area contributed by atoms with Gasteiger partial charge in [0, 0.05) is 31.2 Å². The summed E-state index contributed by atoms with van der Waals surface area (Å²) in [5.41, 5.74) is 6.40. The van der Waals surface area contributed by atoms with Crippen LogP contribution in [0.25, 0.3) is 0 Å². The van der Waals surface area contributed by atoms with E-state index >= 15 is 0 Å². The summed E-state index contributed by atoms with van der Waals surface area (Å²) in [6.07, 6.45) is 9.84. The molecule has 0 bridgehead atoms. The standard InChI is InChI=1S/C16H31N3/c1-16(13-17,11-14-5-6-14)19-10-7-15(12-19)18-8-3-2-4-9-18/h14-15H,2-13,17H2,1H3. The molecule has 2 aliphatic heterocycles. The van der Waals surface area contributed by atoms with Crippen LogP contribution >= 0.6 is 0 Å². The smallest absolute Gasteiger partial charge is 0.0306 e. The molecule has 2 N–H and O–H groups in total. The minimum absolute atomic E-state index is 0.270. The number of hydrogen-bond donors (Lipinski definition) is 1. The Balaban J connectivity index is 1.56. The highest BCUT2D eigenvalue weighted by molar-refractivity contribution is 4.98. The fourth-order valence-corrected chi connectivity index (χ4v) is 4.10. The van der Waals surface area contributed by atoms with Gasteiger partial charge < -0.3 is 5.73 Å². The predicted molar refractivity (Wildman–Crippen MR) is 80.2 cm³/mol. The van der Waals surface area contributed by atoms with Gasteiger partial charge in [-0.2, -0.15) is 0 Å². The lowest BCUT2D eigenvalue weighted by molar-refractivity contribution is 0.102. The first-order valence-corrected chi connectivity index (χ1v) is 8.40. The Labute approximate surface area is 118 Å². The monoisotopic (exact) mass is 265 g/mol. The molecular formula is C16H31N3. The highest BCUT2D eigenvalue weighted by Crippen LogP contribution is 2.39. The highest BCUT2D eigenvalue weighted by Gasteiger charge is 2.41. The number of rotatable bonds is 5. The lowest BCUT2D eigenvalue weighted by atomic mass is 9.93. The maximum absolute atomic E-state index is 6.13. The zero-order chi connectivity index (χ0) is 13.3. The summed E-state index contributed by atoms with van der Waals surface area (Å²) in [4.78, 5) is 5.46. The Morgan fingerprint density at radius 3 is 2.42 bits per heavy atom. The van der Waals surface area contributed by atoms with Crippen molar-refractivity contribution in [1.29, 1.82) is 0 Å². The summed E-state index contributed by atoms with van der Waals surface area (Å²) >= 11 is 0. The molecule has 2 unspecified atom stereocenters. The van der Waals surface area contributed by atoms with Gasteiger partial charge in [0.25, 0.3) is 0 Å². The fraction of sp³-hybridized carbons (Fsp3) is 1.00. The topological polar surface area (TPSA) is 32.5 Å². The third-order valence-electron chi connectivity index (χ3n) is 5.70. The van der Waals surface area contributed by atoms with E-state index in [9.17, 15) is 0 Å². The third-order valence-corrected chi connectivity index (χ3v) is 5.70. The molecule has 2 atom stereocenters. The molecule has 0 spiro atoms. The predicted octanol–water partition coefficient (Wildman–Crippen LogP) is 2.06. The van der Waals surface area contributed by atoms with Crippen LogP contribution in [-0.4, -0.2) is 54.1 Å². The van der Waals surface area contributed by atoms with Crippen LogP contribution in [0.4, 0.5) is 0 Å². The number of likely N-dealkylation sites (tertiary alicyclic amines) is 2. The van der Waals surface area contributed by atoms with Crippen molar-refractivity contribution >= 4 is 0 Å². The van der Waals surface area contributed by atoms with Gasteiger partial charge in [-0.05, 0) is 51.6 Å². The first kappa shape index (κ1) is 13.8. The minimum Gasteiger partial charge on any atom is -0.329 e. The molecule has 1 aliphatic carbocycles. The van der Waals surface area contributed by atoms with Crippen LogP contribution < -0.4 is 5.73 Å². The zero-order valence-corrected chi connectivity index (χ0v) is 12.6. The Hall–Kier alpha value is -0.120. The summed E-state index contributed by atoms with van der Waals surface area (Å²) in [7, 11) is 0. The summed E-state index contributed by atoms with van der Waals surface area (Å²) in [5, 5.41) is 0. The summed E-state index contributed by atoms with van der Waals surface area (Å²) in [5.74, 6) is 0.975. The molecule has 3 aliphatic rings. The number of piperidine rings is 1. The Morgan fingerprint density at radius 2 is 1.79 bits per heavy atom. The van der Waals surface area contributed by atoms with Crippen molar-refractivity contribution < 1.29 is 0 Å². The van der Waals surface area contributed by atoms with Crippen LogP contribution in [0.1, 0.15) is 51.9 Å². The Bertz CT molecular complexity index is 296. The average Bonchev–Trinajstić information content (AvgIpc) is 3.11. The Kier molecular flexibility index (Phi) is 4.16. The van der Waals surface area contributed by atoms with E-state index in [1.807, 2.05) is 0 Å². The van der Waals surface area contributed by atoms with Gasteiger partial charge in [0.2, 0.25) is 0 Å². The van der Waals surface area contributed by atoms with Crippen molar-refractivity contribution in [3.05, 3.63) is 0 Å². The van der Waals surface area contributed by atoms with E-state index < -0.39 is 0 Å². The number of hydrogen-bond acceptors (Lipinski definition) is 3. The Morgan fingerprint density at radius 1 is 1.05 bits per heavy atom.